The summed E-state index contributed by atoms with van der Waals surface area (Å²) in [4.78, 5) is 0. The molecule has 6 heteroatoms. The third kappa shape index (κ3) is 2.82. The molecule has 0 saturated carbocycles. The minimum Gasteiger partial charge on any atom is -0.217 e. The molecule has 0 amide bonds. The van der Waals surface area contributed by atoms with Gasteiger partial charge in [-0.2, -0.15) is 5.10 Å². The number of hydrogen-bond acceptors (Lipinski definition) is 4. The zero-order valence-electron chi connectivity index (χ0n) is 13.4. The summed E-state index contributed by atoms with van der Waals surface area (Å²) >= 11 is 1.48. The fourth-order valence-electron chi connectivity index (χ4n) is 3.04. The highest BCUT2D eigenvalue weighted by Gasteiger charge is 2.20. The molecular formula is C18H17FN4S. The molecule has 4 nitrogen and oxygen atoms in total. The predicted molar refractivity (Wildman–Crippen MR) is 91.9 cm³/mol. The Morgan fingerprint density at radius 3 is 2.75 bits per heavy atom. The molecule has 0 fully saturated rings. The monoisotopic (exact) mass is 340 g/mol. The van der Waals surface area contributed by atoms with Crippen molar-refractivity contribution in [3.8, 4) is 5.82 Å². The van der Waals surface area contributed by atoms with Crippen molar-refractivity contribution < 1.29 is 4.39 Å². The lowest BCUT2D eigenvalue weighted by molar-refractivity contribution is 0.617. The second kappa shape index (κ2) is 6.36. The summed E-state index contributed by atoms with van der Waals surface area (Å²) in [6, 6.07) is 10.6. The molecule has 0 N–H and O–H groups in total. The first-order valence-electron chi connectivity index (χ1n) is 8.00. The van der Waals surface area contributed by atoms with E-state index < -0.39 is 0 Å². The van der Waals surface area contributed by atoms with Gasteiger partial charge in [-0.15, -0.1) is 10.2 Å². The molecule has 3 aromatic rings. The fourth-order valence-corrected chi connectivity index (χ4v) is 3.84. The van der Waals surface area contributed by atoms with Gasteiger partial charge in [-0.3, -0.25) is 0 Å². The summed E-state index contributed by atoms with van der Waals surface area (Å²) in [5.74, 6) is 1.09. The zero-order chi connectivity index (χ0) is 16.5. The Labute approximate surface area is 144 Å². The van der Waals surface area contributed by atoms with Crippen molar-refractivity contribution in [3.63, 3.8) is 0 Å². The Morgan fingerprint density at radius 1 is 1.12 bits per heavy atom. The van der Waals surface area contributed by atoms with Crippen LogP contribution in [0.3, 0.4) is 0 Å². The Balaban J connectivity index is 1.50. The van der Waals surface area contributed by atoms with Gasteiger partial charge in [-0.1, -0.05) is 30.0 Å². The lowest BCUT2D eigenvalue weighted by atomic mass is 10.2. The average Bonchev–Trinajstić information content (AvgIpc) is 3.18. The number of halogens is 1. The van der Waals surface area contributed by atoms with E-state index in [1.807, 2.05) is 22.9 Å². The van der Waals surface area contributed by atoms with E-state index in [9.17, 15) is 4.39 Å². The lowest BCUT2D eigenvalue weighted by Gasteiger charge is -2.05. The van der Waals surface area contributed by atoms with Gasteiger partial charge in [0.15, 0.2) is 5.82 Å². The van der Waals surface area contributed by atoms with Gasteiger partial charge in [0, 0.05) is 11.4 Å². The molecule has 1 aliphatic carbocycles. The van der Waals surface area contributed by atoms with Crippen LogP contribution in [-0.2, 0) is 18.6 Å². The van der Waals surface area contributed by atoms with Gasteiger partial charge < -0.3 is 0 Å². The third-order valence-electron chi connectivity index (χ3n) is 4.34. The highest BCUT2D eigenvalue weighted by atomic mass is 32.2. The van der Waals surface area contributed by atoms with Crippen LogP contribution < -0.4 is 0 Å². The van der Waals surface area contributed by atoms with E-state index >= 15 is 0 Å². The molecule has 24 heavy (non-hydrogen) atoms. The van der Waals surface area contributed by atoms with Crippen LogP contribution in [0.15, 0.2) is 41.4 Å². The third-order valence-corrected chi connectivity index (χ3v) is 5.31. The minimum absolute atomic E-state index is 0.184. The summed E-state index contributed by atoms with van der Waals surface area (Å²) < 4.78 is 15.5. The normalized spacial score (nSPS) is 13.2. The molecule has 0 atom stereocenters. The number of fused-ring (bicyclic) bond motifs is 1. The quantitative estimate of drug-likeness (QED) is 0.676. The summed E-state index contributed by atoms with van der Waals surface area (Å²) in [7, 11) is 0. The Kier molecular flexibility index (Phi) is 4.06. The van der Waals surface area contributed by atoms with Crippen LogP contribution in [0.2, 0.25) is 0 Å². The van der Waals surface area contributed by atoms with Gasteiger partial charge in [0.2, 0.25) is 0 Å². The van der Waals surface area contributed by atoms with Crippen LogP contribution in [-0.4, -0.2) is 20.0 Å². The molecule has 0 bridgehead atoms. The molecule has 0 radical (unpaired) electrons. The van der Waals surface area contributed by atoms with E-state index in [0.717, 1.165) is 29.4 Å². The second-order valence-electron chi connectivity index (χ2n) is 5.89. The lowest BCUT2D eigenvalue weighted by Crippen LogP contribution is -2.04. The van der Waals surface area contributed by atoms with E-state index in [1.165, 1.54) is 35.5 Å². The van der Waals surface area contributed by atoms with Crippen molar-refractivity contribution in [2.75, 3.05) is 0 Å². The van der Waals surface area contributed by atoms with E-state index in [-0.39, 0.29) is 5.82 Å². The molecule has 0 saturated heterocycles. The molecule has 0 aliphatic heterocycles. The number of rotatable bonds is 4. The van der Waals surface area contributed by atoms with Crippen molar-refractivity contribution in [2.45, 2.75) is 37.0 Å². The van der Waals surface area contributed by atoms with E-state index in [4.69, 9.17) is 0 Å². The van der Waals surface area contributed by atoms with Crippen molar-refractivity contribution in [1.82, 2.24) is 20.0 Å². The Morgan fingerprint density at radius 2 is 2.00 bits per heavy atom. The molecule has 0 spiro atoms. The van der Waals surface area contributed by atoms with E-state index in [2.05, 4.69) is 22.2 Å². The summed E-state index contributed by atoms with van der Waals surface area (Å²) in [6.45, 7) is 2.08. The first-order valence-corrected chi connectivity index (χ1v) is 8.98. The van der Waals surface area contributed by atoms with Crippen molar-refractivity contribution in [1.29, 1.82) is 0 Å². The molecule has 1 aromatic carbocycles. The number of hydrogen-bond donors (Lipinski definition) is 0. The van der Waals surface area contributed by atoms with Crippen LogP contribution in [0.1, 0.15) is 28.9 Å². The molecular weight excluding hydrogens is 323 g/mol. The standard InChI is InChI=1S/C18H17FN4S/c1-12-14-6-4-8-16(14)22-23(12)17-9-10-18(21-20-17)24-11-13-5-2-3-7-15(13)19/h2-3,5,7,9-10H,4,6,8,11H2,1H3. The Hall–Kier alpha value is -2.21. The number of thioether (sulfide) groups is 1. The smallest absolute Gasteiger partial charge is 0.176 e. The maximum atomic E-state index is 13.6. The number of aryl methyl sites for hydroxylation is 1. The maximum absolute atomic E-state index is 13.6. The topological polar surface area (TPSA) is 43.6 Å². The second-order valence-corrected chi connectivity index (χ2v) is 6.88. The van der Waals surface area contributed by atoms with E-state index in [1.54, 1.807) is 12.1 Å². The van der Waals surface area contributed by atoms with Gasteiger partial charge in [-0.25, -0.2) is 9.07 Å². The number of benzene rings is 1. The minimum atomic E-state index is -0.184. The maximum Gasteiger partial charge on any atom is 0.176 e. The summed E-state index contributed by atoms with van der Waals surface area (Å²) in [6.07, 6.45) is 3.34. The molecule has 2 aromatic heterocycles. The first kappa shape index (κ1) is 15.3. The molecule has 122 valence electrons. The van der Waals surface area contributed by atoms with Crippen molar-refractivity contribution in [2.24, 2.45) is 0 Å². The van der Waals surface area contributed by atoms with Crippen LogP contribution in [0.25, 0.3) is 5.82 Å². The highest BCUT2D eigenvalue weighted by Crippen LogP contribution is 2.26. The van der Waals surface area contributed by atoms with Crippen molar-refractivity contribution in [3.05, 3.63) is 64.7 Å². The number of nitrogens with zero attached hydrogens (tertiary/aromatic N) is 4. The van der Waals surface area contributed by atoms with Crippen LogP contribution >= 0.6 is 11.8 Å². The largest absolute Gasteiger partial charge is 0.217 e. The molecule has 0 unspecified atom stereocenters. The van der Waals surface area contributed by atoms with E-state index in [0.29, 0.717) is 11.3 Å². The zero-order valence-corrected chi connectivity index (χ0v) is 14.2. The van der Waals surface area contributed by atoms with Crippen LogP contribution in [0.4, 0.5) is 4.39 Å². The number of aromatic nitrogens is 4. The average molecular weight is 340 g/mol. The van der Waals surface area contributed by atoms with Gasteiger partial charge >= 0.3 is 0 Å². The summed E-state index contributed by atoms with van der Waals surface area (Å²) in [5.41, 5.74) is 4.37. The van der Waals surface area contributed by atoms with Gasteiger partial charge in [-0.05, 0) is 55.5 Å². The van der Waals surface area contributed by atoms with Crippen LogP contribution in [0.5, 0.6) is 0 Å². The van der Waals surface area contributed by atoms with Gasteiger partial charge in [0.1, 0.15) is 10.8 Å². The first-order chi connectivity index (χ1) is 11.7. The van der Waals surface area contributed by atoms with Crippen molar-refractivity contribution >= 4 is 11.8 Å². The molecule has 2 heterocycles. The van der Waals surface area contributed by atoms with Gasteiger partial charge in [0.05, 0.1) is 5.69 Å². The SMILES string of the molecule is Cc1c2c(nn1-c1ccc(SCc3ccccc3F)nn1)CCC2. The predicted octanol–water partition coefficient (Wildman–Crippen LogP) is 3.89. The Bertz CT molecular complexity index is 873. The fraction of sp³-hybridized carbons (Fsp3) is 0.278. The highest BCUT2D eigenvalue weighted by molar-refractivity contribution is 7.98. The summed E-state index contributed by atoms with van der Waals surface area (Å²) in [5, 5.41) is 14.0. The molecule has 1 aliphatic rings. The van der Waals surface area contributed by atoms with Gasteiger partial charge in [0.25, 0.3) is 0 Å². The molecule has 4 rings (SSSR count). The van der Waals surface area contributed by atoms with Crippen LogP contribution in [0, 0.1) is 12.7 Å².